The van der Waals surface area contributed by atoms with Crippen molar-refractivity contribution in [2.75, 3.05) is 6.61 Å². The fourth-order valence-corrected chi connectivity index (χ4v) is 5.10. The summed E-state index contributed by atoms with van der Waals surface area (Å²) in [5.74, 6) is -1.39. The first kappa shape index (κ1) is 27.5. The van der Waals surface area contributed by atoms with Crippen LogP contribution in [0.4, 0.5) is 8.78 Å². The van der Waals surface area contributed by atoms with Crippen LogP contribution in [0.3, 0.4) is 0 Å². The molecule has 1 aliphatic heterocycles. The minimum atomic E-state index is -0.984. The summed E-state index contributed by atoms with van der Waals surface area (Å²) < 4.78 is 42.0. The Morgan fingerprint density at radius 2 is 1.81 bits per heavy atom. The van der Waals surface area contributed by atoms with Gasteiger partial charge in [0.15, 0.2) is 5.82 Å². The topological polar surface area (TPSA) is 86.5 Å². The second kappa shape index (κ2) is 11.3. The molecule has 1 saturated heterocycles. The Kier molecular flexibility index (Phi) is 7.43. The third-order valence-corrected chi connectivity index (χ3v) is 7.63. The standard InChI is InChI=1S/C33H29F2N3O4/c1-19-3-4-24(27(35)13-19)18-42-32-26(34)8-10-28(37-32)22-6-5-21(20(2)14-22)16-31-36-29-9-7-23(33(39)40)15-30(29)38(31)17-25-11-12-41-25/h3-10,13-15,25H,11-12,16-18H2,1-2H3,(H,39,40)/t25-/m0/s1. The lowest BCUT2D eigenvalue weighted by Gasteiger charge is -2.27. The van der Waals surface area contributed by atoms with Crippen molar-refractivity contribution in [1.29, 1.82) is 0 Å². The summed E-state index contributed by atoms with van der Waals surface area (Å²) in [5, 5.41) is 9.50. The highest BCUT2D eigenvalue weighted by Gasteiger charge is 2.23. The summed E-state index contributed by atoms with van der Waals surface area (Å²) in [6, 6.07) is 18.5. The number of aromatic carboxylic acids is 1. The molecular weight excluding hydrogens is 540 g/mol. The molecular formula is C33H29F2N3O4. The van der Waals surface area contributed by atoms with Crippen LogP contribution in [0.5, 0.6) is 5.88 Å². The van der Waals surface area contributed by atoms with Crippen LogP contribution in [0.15, 0.2) is 66.7 Å². The number of ether oxygens (including phenoxy) is 2. The summed E-state index contributed by atoms with van der Waals surface area (Å²) in [4.78, 5) is 20.8. The predicted molar refractivity (Wildman–Crippen MR) is 154 cm³/mol. The van der Waals surface area contributed by atoms with Crippen molar-refractivity contribution in [3.63, 3.8) is 0 Å². The number of carboxylic acids is 1. The third-order valence-electron chi connectivity index (χ3n) is 7.63. The van der Waals surface area contributed by atoms with Crippen LogP contribution in [0.2, 0.25) is 0 Å². The number of rotatable bonds is 9. The Bertz CT molecular complexity index is 1810. The summed E-state index contributed by atoms with van der Waals surface area (Å²) in [6.45, 7) is 4.97. The van der Waals surface area contributed by atoms with E-state index in [0.29, 0.717) is 24.2 Å². The fourth-order valence-electron chi connectivity index (χ4n) is 5.10. The minimum absolute atomic E-state index is 0.0709. The number of aryl methyl sites for hydroxylation is 2. The maximum Gasteiger partial charge on any atom is 0.335 e. The molecule has 1 atom stereocenters. The van der Waals surface area contributed by atoms with Gasteiger partial charge in [-0.2, -0.15) is 0 Å². The number of aromatic nitrogens is 3. The van der Waals surface area contributed by atoms with Crippen molar-refractivity contribution >= 4 is 17.0 Å². The van der Waals surface area contributed by atoms with Crippen molar-refractivity contribution in [2.45, 2.75) is 45.9 Å². The molecule has 0 radical (unpaired) electrons. The van der Waals surface area contributed by atoms with Crippen LogP contribution in [0, 0.1) is 25.5 Å². The van der Waals surface area contributed by atoms with Crippen molar-refractivity contribution in [2.24, 2.45) is 0 Å². The molecule has 214 valence electrons. The molecule has 7 nitrogen and oxygen atoms in total. The van der Waals surface area contributed by atoms with E-state index >= 15 is 0 Å². The molecule has 3 aromatic carbocycles. The van der Waals surface area contributed by atoms with E-state index in [9.17, 15) is 18.7 Å². The number of halogens is 2. The molecule has 0 bridgehead atoms. The molecule has 6 rings (SSSR count). The van der Waals surface area contributed by atoms with Gasteiger partial charge >= 0.3 is 5.97 Å². The van der Waals surface area contributed by atoms with E-state index in [4.69, 9.17) is 14.5 Å². The normalized spacial score (nSPS) is 14.6. The number of carboxylic acid groups (broad SMARTS) is 1. The van der Waals surface area contributed by atoms with Gasteiger partial charge in [-0.1, -0.05) is 24.3 Å². The smallest absolute Gasteiger partial charge is 0.335 e. The van der Waals surface area contributed by atoms with Gasteiger partial charge in [0.05, 0.1) is 34.9 Å². The lowest BCUT2D eigenvalue weighted by Crippen LogP contribution is -2.31. The largest absolute Gasteiger partial charge is 0.478 e. The van der Waals surface area contributed by atoms with E-state index in [-0.39, 0.29) is 24.2 Å². The summed E-state index contributed by atoms with van der Waals surface area (Å²) >= 11 is 0. The lowest BCUT2D eigenvalue weighted by atomic mass is 10.0. The molecule has 42 heavy (non-hydrogen) atoms. The molecule has 0 aliphatic carbocycles. The van der Waals surface area contributed by atoms with E-state index in [1.807, 2.05) is 25.1 Å². The average Bonchev–Trinajstić information content (AvgIpc) is 3.28. The number of fused-ring (bicyclic) bond motifs is 1. The van der Waals surface area contributed by atoms with Gasteiger partial charge in [-0.3, -0.25) is 0 Å². The second-order valence-electron chi connectivity index (χ2n) is 10.6. The summed E-state index contributed by atoms with van der Waals surface area (Å²) in [6.07, 6.45) is 1.55. The number of hydrogen-bond acceptors (Lipinski definition) is 5. The van der Waals surface area contributed by atoms with E-state index in [1.54, 1.807) is 43.3 Å². The van der Waals surface area contributed by atoms with E-state index in [0.717, 1.165) is 52.1 Å². The molecule has 3 heterocycles. The van der Waals surface area contributed by atoms with Crippen molar-refractivity contribution in [3.05, 3.63) is 112 Å². The lowest BCUT2D eigenvalue weighted by molar-refractivity contribution is -0.0589. The number of benzene rings is 3. The molecule has 0 amide bonds. The van der Waals surface area contributed by atoms with Gasteiger partial charge in [-0.05, 0) is 79.4 Å². The van der Waals surface area contributed by atoms with Crippen LogP contribution in [-0.4, -0.2) is 38.3 Å². The first-order valence-electron chi connectivity index (χ1n) is 13.7. The summed E-state index contributed by atoms with van der Waals surface area (Å²) in [5.41, 5.74) is 6.17. The zero-order chi connectivity index (χ0) is 29.4. The SMILES string of the molecule is Cc1ccc(COc2nc(-c3ccc(Cc4nc5ccc(C(=O)O)cc5n4C[C@@H]4CCO4)c(C)c3)ccc2F)c(F)c1. The molecule has 0 unspecified atom stereocenters. The number of hydrogen-bond donors (Lipinski definition) is 1. The van der Waals surface area contributed by atoms with Gasteiger partial charge < -0.3 is 19.1 Å². The highest BCUT2D eigenvalue weighted by atomic mass is 19.1. The van der Waals surface area contributed by atoms with Crippen LogP contribution >= 0.6 is 0 Å². The maximum atomic E-state index is 14.5. The van der Waals surface area contributed by atoms with E-state index < -0.39 is 17.6 Å². The molecule has 0 saturated carbocycles. The highest BCUT2D eigenvalue weighted by Crippen LogP contribution is 2.28. The Hall–Kier alpha value is -4.63. The molecule has 9 heteroatoms. The van der Waals surface area contributed by atoms with Crippen LogP contribution in [0.25, 0.3) is 22.3 Å². The van der Waals surface area contributed by atoms with Gasteiger partial charge in [0.25, 0.3) is 5.88 Å². The Morgan fingerprint density at radius 1 is 1.00 bits per heavy atom. The third kappa shape index (κ3) is 5.60. The average molecular weight is 570 g/mol. The van der Waals surface area contributed by atoms with Gasteiger partial charge in [-0.25, -0.2) is 23.5 Å². The number of carbonyl (C=O) groups is 1. The summed E-state index contributed by atoms with van der Waals surface area (Å²) in [7, 11) is 0. The van der Waals surface area contributed by atoms with Crippen LogP contribution < -0.4 is 4.74 Å². The monoisotopic (exact) mass is 569 g/mol. The van der Waals surface area contributed by atoms with E-state index in [1.165, 1.54) is 12.1 Å². The molecule has 2 aromatic heterocycles. The van der Waals surface area contributed by atoms with Gasteiger partial charge in [0.2, 0.25) is 0 Å². The van der Waals surface area contributed by atoms with Crippen LogP contribution in [-0.2, 0) is 24.3 Å². The zero-order valence-electron chi connectivity index (χ0n) is 23.2. The molecule has 0 spiro atoms. The quantitative estimate of drug-likeness (QED) is 0.214. The number of pyridine rings is 1. The van der Waals surface area contributed by atoms with Gasteiger partial charge in [0, 0.05) is 24.2 Å². The van der Waals surface area contributed by atoms with Crippen molar-refractivity contribution in [1.82, 2.24) is 14.5 Å². The second-order valence-corrected chi connectivity index (χ2v) is 10.6. The van der Waals surface area contributed by atoms with Crippen molar-refractivity contribution < 1.29 is 28.2 Å². The van der Waals surface area contributed by atoms with Gasteiger partial charge in [-0.15, -0.1) is 0 Å². The molecule has 1 fully saturated rings. The first-order valence-corrected chi connectivity index (χ1v) is 13.7. The first-order chi connectivity index (χ1) is 20.2. The Labute approximate surface area is 241 Å². The molecule has 1 N–H and O–H groups in total. The van der Waals surface area contributed by atoms with Gasteiger partial charge in [0.1, 0.15) is 18.2 Å². The minimum Gasteiger partial charge on any atom is -0.478 e. The number of nitrogens with zero attached hydrogens (tertiary/aromatic N) is 3. The Balaban J connectivity index is 1.25. The molecule has 5 aromatic rings. The number of imidazole rings is 1. The van der Waals surface area contributed by atoms with Crippen molar-refractivity contribution in [3.8, 4) is 17.1 Å². The van der Waals surface area contributed by atoms with E-state index in [2.05, 4.69) is 9.55 Å². The fraction of sp³-hybridized carbons (Fsp3) is 0.242. The predicted octanol–water partition coefficient (Wildman–Crippen LogP) is 6.65. The maximum absolute atomic E-state index is 14.5. The highest BCUT2D eigenvalue weighted by molar-refractivity contribution is 5.92. The zero-order valence-corrected chi connectivity index (χ0v) is 23.2. The molecule has 1 aliphatic rings. The Morgan fingerprint density at radius 3 is 2.52 bits per heavy atom. The van der Waals surface area contributed by atoms with Crippen LogP contribution in [0.1, 0.15) is 44.9 Å².